The summed E-state index contributed by atoms with van der Waals surface area (Å²) in [7, 11) is 0. The van der Waals surface area contributed by atoms with Gasteiger partial charge in [-0.15, -0.1) is 0 Å². The van der Waals surface area contributed by atoms with E-state index in [0.29, 0.717) is 0 Å². The molecular weight excluding hydrogens is 192 g/mol. The summed E-state index contributed by atoms with van der Waals surface area (Å²) >= 11 is 0. The lowest BCUT2D eigenvalue weighted by molar-refractivity contribution is 0.0696. The zero-order valence-electron chi connectivity index (χ0n) is 9.24. The van der Waals surface area contributed by atoms with E-state index in [9.17, 15) is 4.79 Å². The fraction of sp³-hybridized carbons (Fsp3) is 0.417. The third kappa shape index (κ3) is 2.36. The van der Waals surface area contributed by atoms with Crippen molar-refractivity contribution in [3.05, 3.63) is 34.4 Å². The van der Waals surface area contributed by atoms with Crippen molar-refractivity contribution in [2.75, 3.05) is 6.61 Å². The third-order valence-electron chi connectivity index (χ3n) is 2.76. The quantitative estimate of drug-likeness (QED) is 0.799. The first kappa shape index (κ1) is 11.7. The molecule has 2 N–H and O–H groups in total. The summed E-state index contributed by atoms with van der Waals surface area (Å²) in [4.78, 5) is 10.9. The van der Waals surface area contributed by atoms with Crippen molar-refractivity contribution in [2.45, 2.75) is 26.7 Å². The summed E-state index contributed by atoms with van der Waals surface area (Å²) in [6, 6.07) is 3.30. The fourth-order valence-corrected chi connectivity index (χ4v) is 1.62. The molecule has 0 fully saturated rings. The second-order valence-electron chi connectivity index (χ2n) is 3.90. The zero-order valence-corrected chi connectivity index (χ0v) is 9.24. The molecule has 0 spiro atoms. The van der Waals surface area contributed by atoms with Gasteiger partial charge in [-0.1, -0.05) is 6.92 Å². The largest absolute Gasteiger partial charge is 0.478 e. The van der Waals surface area contributed by atoms with Crippen molar-refractivity contribution in [3.8, 4) is 0 Å². The minimum absolute atomic E-state index is 0.0250. The average Bonchev–Trinajstić information content (AvgIpc) is 2.20. The van der Waals surface area contributed by atoms with E-state index in [1.54, 1.807) is 12.1 Å². The first-order valence-electron chi connectivity index (χ1n) is 4.92. The van der Waals surface area contributed by atoms with Crippen LogP contribution in [0.15, 0.2) is 12.1 Å². The Morgan fingerprint density at radius 1 is 1.40 bits per heavy atom. The van der Waals surface area contributed by atoms with Gasteiger partial charge < -0.3 is 10.2 Å². The highest BCUT2D eigenvalue weighted by atomic mass is 16.4. The maximum absolute atomic E-state index is 10.9. The van der Waals surface area contributed by atoms with Crippen LogP contribution in [0, 0.1) is 13.8 Å². The van der Waals surface area contributed by atoms with Crippen LogP contribution in [-0.4, -0.2) is 22.8 Å². The van der Waals surface area contributed by atoms with Gasteiger partial charge in [-0.25, -0.2) is 4.79 Å². The highest BCUT2D eigenvalue weighted by Gasteiger charge is 2.13. The molecule has 15 heavy (non-hydrogen) atoms. The average molecular weight is 208 g/mol. The molecule has 0 aliphatic carbocycles. The fourth-order valence-electron chi connectivity index (χ4n) is 1.62. The van der Waals surface area contributed by atoms with Crippen LogP contribution in [0.5, 0.6) is 0 Å². The van der Waals surface area contributed by atoms with Gasteiger partial charge in [0.05, 0.1) is 5.56 Å². The van der Waals surface area contributed by atoms with Gasteiger partial charge in [0.25, 0.3) is 0 Å². The van der Waals surface area contributed by atoms with E-state index in [-0.39, 0.29) is 18.1 Å². The molecule has 82 valence electrons. The van der Waals surface area contributed by atoms with Gasteiger partial charge in [-0.05, 0) is 42.7 Å². The van der Waals surface area contributed by atoms with Crippen molar-refractivity contribution in [1.29, 1.82) is 0 Å². The van der Waals surface area contributed by atoms with Crippen LogP contribution < -0.4 is 0 Å². The number of carbonyl (C=O) groups is 1. The van der Waals surface area contributed by atoms with Crippen LogP contribution in [0.25, 0.3) is 0 Å². The topological polar surface area (TPSA) is 57.5 Å². The van der Waals surface area contributed by atoms with Gasteiger partial charge in [-0.2, -0.15) is 0 Å². The lowest BCUT2D eigenvalue weighted by atomic mass is 9.92. The Hall–Kier alpha value is -1.35. The molecule has 1 unspecified atom stereocenters. The minimum atomic E-state index is -0.926. The second-order valence-corrected chi connectivity index (χ2v) is 3.90. The molecule has 0 aromatic heterocycles. The summed E-state index contributed by atoms with van der Waals surface area (Å²) in [6.45, 7) is 5.74. The van der Waals surface area contributed by atoms with Gasteiger partial charge in [-0.3, -0.25) is 0 Å². The number of aliphatic hydroxyl groups is 1. The second kappa shape index (κ2) is 4.45. The van der Waals surface area contributed by atoms with E-state index in [4.69, 9.17) is 10.2 Å². The predicted octanol–water partition coefficient (Wildman–Crippen LogP) is 2.10. The lowest BCUT2D eigenvalue weighted by Gasteiger charge is -2.15. The summed E-state index contributed by atoms with van der Waals surface area (Å²) < 4.78 is 0. The molecule has 1 rings (SSSR count). The normalized spacial score (nSPS) is 12.5. The number of rotatable bonds is 3. The minimum Gasteiger partial charge on any atom is -0.478 e. The summed E-state index contributed by atoms with van der Waals surface area (Å²) in [5, 5.41) is 18.0. The molecule has 3 heteroatoms. The van der Waals surface area contributed by atoms with Crippen LogP contribution in [0.2, 0.25) is 0 Å². The first-order chi connectivity index (χ1) is 6.97. The molecule has 1 aromatic rings. The SMILES string of the molecule is Cc1cc(C(=O)O)cc(C(C)CO)c1C. The number of carboxylic acid groups (broad SMARTS) is 1. The number of aliphatic hydroxyl groups excluding tert-OH is 1. The summed E-state index contributed by atoms with van der Waals surface area (Å²) in [6.07, 6.45) is 0. The van der Waals surface area contributed by atoms with Gasteiger partial charge in [0.1, 0.15) is 0 Å². The number of aromatic carboxylic acids is 1. The molecule has 0 aliphatic heterocycles. The lowest BCUT2D eigenvalue weighted by Crippen LogP contribution is -2.06. The molecule has 0 heterocycles. The Bertz CT molecular complexity index is 383. The Morgan fingerprint density at radius 3 is 2.47 bits per heavy atom. The molecule has 0 amide bonds. The number of benzene rings is 1. The van der Waals surface area contributed by atoms with Crippen molar-refractivity contribution in [1.82, 2.24) is 0 Å². The van der Waals surface area contributed by atoms with E-state index in [0.717, 1.165) is 16.7 Å². The van der Waals surface area contributed by atoms with Crippen molar-refractivity contribution < 1.29 is 15.0 Å². The van der Waals surface area contributed by atoms with E-state index in [2.05, 4.69) is 0 Å². The maximum Gasteiger partial charge on any atom is 0.335 e. The number of aryl methyl sites for hydroxylation is 1. The Kier molecular flexibility index (Phi) is 3.48. The van der Waals surface area contributed by atoms with E-state index in [1.165, 1.54) is 0 Å². The molecular formula is C12H16O3. The molecule has 0 bridgehead atoms. The number of hydrogen-bond donors (Lipinski definition) is 2. The smallest absolute Gasteiger partial charge is 0.335 e. The molecule has 0 saturated heterocycles. The van der Waals surface area contributed by atoms with Crippen molar-refractivity contribution in [3.63, 3.8) is 0 Å². The zero-order chi connectivity index (χ0) is 11.6. The van der Waals surface area contributed by atoms with E-state index >= 15 is 0 Å². The van der Waals surface area contributed by atoms with Crippen LogP contribution in [0.1, 0.15) is 39.9 Å². The van der Waals surface area contributed by atoms with E-state index in [1.807, 2.05) is 20.8 Å². The van der Waals surface area contributed by atoms with Crippen molar-refractivity contribution >= 4 is 5.97 Å². The Morgan fingerprint density at radius 2 is 2.00 bits per heavy atom. The molecule has 1 atom stereocenters. The molecule has 0 saturated carbocycles. The van der Waals surface area contributed by atoms with Gasteiger partial charge in [0.15, 0.2) is 0 Å². The van der Waals surface area contributed by atoms with Gasteiger partial charge >= 0.3 is 5.97 Å². The Balaban J connectivity index is 3.31. The van der Waals surface area contributed by atoms with Crippen LogP contribution in [-0.2, 0) is 0 Å². The van der Waals surface area contributed by atoms with Gasteiger partial charge in [0.2, 0.25) is 0 Å². The maximum atomic E-state index is 10.9. The van der Waals surface area contributed by atoms with Crippen LogP contribution in [0.3, 0.4) is 0 Å². The Labute approximate surface area is 89.4 Å². The molecule has 0 radical (unpaired) electrons. The summed E-state index contributed by atoms with van der Waals surface area (Å²) in [5.41, 5.74) is 3.20. The van der Waals surface area contributed by atoms with Gasteiger partial charge in [0, 0.05) is 12.5 Å². The van der Waals surface area contributed by atoms with Crippen LogP contribution >= 0.6 is 0 Å². The third-order valence-corrected chi connectivity index (χ3v) is 2.76. The standard InChI is InChI=1S/C12H16O3/c1-7-4-10(12(14)15)5-11(9(7)3)8(2)6-13/h4-5,8,13H,6H2,1-3H3,(H,14,15). The number of carboxylic acids is 1. The van der Waals surface area contributed by atoms with Crippen LogP contribution in [0.4, 0.5) is 0 Å². The monoisotopic (exact) mass is 208 g/mol. The molecule has 0 aliphatic rings. The van der Waals surface area contributed by atoms with Crippen molar-refractivity contribution in [2.24, 2.45) is 0 Å². The highest BCUT2D eigenvalue weighted by molar-refractivity contribution is 5.88. The predicted molar refractivity (Wildman–Crippen MR) is 58.4 cm³/mol. The highest BCUT2D eigenvalue weighted by Crippen LogP contribution is 2.23. The summed E-state index contributed by atoms with van der Waals surface area (Å²) in [5.74, 6) is -0.951. The van der Waals surface area contributed by atoms with E-state index < -0.39 is 5.97 Å². The molecule has 1 aromatic carbocycles. The molecule has 3 nitrogen and oxygen atoms in total. The number of hydrogen-bond acceptors (Lipinski definition) is 2. The first-order valence-corrected chi connectivity index (χ1v) is 4.92.